The number of hydrogen-bond donors (Lipinski definition) is 0. The number of benzene rings is 6. The minimum absolute atomic E-state index is 0.0185. The first-order valence-corrected chi connectivity index (χ1v) is 17.9. The summed E-state index contributed by atoms with van der Waals surface area (Å²) in [5.74, 6) is 3.54. The van der Waals surface area contributed by atoms with Crippen molar-refractivity contribution in [2.24, 2.45) is 0 Å². The van der Waals surface area contributed by atoms with Gasteiger partial charge >= 0.3 is 0 Å². The second-order valence-corrected chi connectivity index (χ2v) is 13.8. The van der Waals surface area contributed by atoms with E-state index in [-0.39, 0.29) is 23.7 Å². The van der Waals surface area contributed by atoms with E-state index in [0.29, 0.717) is 0 Å². The Morgan fingerprint density at radius 1 is 0.269 bits per heavy atom. The highest BCUT2D eigenvalue weighted by atomic mass is 16.5. The number of rotatable bonds is 4. The number of allylic oxidation sites excluding steroid dienone is 4. The van der Waals surface area contributed by atoms with Crippen molar-refractivity contribution in [2.45, 2.75) is 23.7 Å². The summed E-state index contributed by atoms with van der Waals surface area (Å²) in [6.45, 7) is 0. The van der Waals surface area contributed by atoms with Gasteiger partial charge in [-0.25, -0.2) is 0 Å². The van der Waals surface area contributed by atoms with Crippen molar-refractivity contribution in [1.29, 1.82) is 0 Å². The predicted molar refractivity (Wildman–Crippen MR) is 208 cm³/mol. The molecule has 12 bridgehead atoms. The van der Waals surface area contributed by atoms with Crippen molar-refractivity contribution in [3.63, 3.8) is 0 Å². The highest BCUT2D eigenvalue weighted by molar-refractivity contribution is 5.70. The molecule has 0 aliphatic heterocycles. The summed E-state index contributed by atoms with van der Waals surface area (Å²) in [5.41, 5.74) is 14.1. The van der Waals surface area contributed by atoms with Crippen molar-refractivity contribution in [3.05, 3.63) is 190 Å². The third-order valence-corrected chi connectivity index (χ3v) is 11.3. The van der Waals surface area contributed by atoms with Crippen LogP contribution >= 0.6 is 0 Å². The third kappa shape index (κ3) is 5.12. The molecule has 0 saturated heterocycles. The summed E-state index contributed by atoms with van der Waals surface area (Å²) in [6, 6.07) is 43.9. The topological polar surface area (TPSA) is 36.9 Å². The van der Waals surface area contributed by atoms with Crippen LogP contribution in [-0.2, 0) is 0 Å². The molecule has 0 aromatic heterocycles. The summed E-state index contributed by atoms with van der Waals surface area (Å²) in [5, 5.41) is 0. The second kappa shape index (κ2) is 13.0. The van der Waals surface area contributed by atoms with Gasteiger partial charge in [-0.1, -0.05) is 121 Å². The fourth-order valence-corrected chi connectivity index (χ4v) is 8.66. The van der Waals surface area contributed by atoms with Crippen molar-refractivity contribution in [2.75, 3.05) is 28.4 Å². The highest BCUT2D eigenvalue weighted by Crippen LogP contribution is 2.51. The van der Waals surface area contributed by atoms with Crippen molar-refractivity contribution < 1.29 is 18.9 Å². The summed E-state index contributed by atoms with van der Waals surface area (Å²) < 4.78 is 24.1. The van der Waals surface area contributed by atoms with E-state index in [9.17, 15) is 0 Å². The molecule has 256 valence electrons. The second-order valence-electron chi connectivity index (χ2n) is 13.8. The van der Waals surface area contributed by atoms with Gasteiger partial charge in [0.1, 0.15) is 23.0 Å². The van der Waals surface area contributed by atoms with Crippen LogP contribution in [0.25, 0.3) is 22.3 Å². The Kier molecular flexibility index (Phi) is 7.96. The zero-order chi connectivity index (χ0) is 35.3. The molecular weight excluding hydrogens is 641 g/mol. The molecule has 4 nitrogen and oxygen atoms in total. The number of fused-ring (bicyclic) bond motifs is 1. The monoisotopic (exact) mass is 680 g/mol. The van der Waals surface area contributed by atoms with Gasteiger partial charge in [-0.2, -0.15) is 0 Å². The van der Waals surface area contributed by atoms with Gasteiger partial charge in [-0.05, 0) is 68.8 Å². The third-order valence-electron chi connectivity index (χ3n) is 11.3. The van der Waals surface area contributed by atoms with Gasteiger partial charge < -0.3 is 18.9 Å². The first-order chi connectivity index (χ1) is 25.6. The van der Waals surface area contributed by atoms with Gasteiger partial charge in [-0.3, -0.25) is 0 Å². The van der Waals surface area contributed by atoms with E-state index in [4.69, 9.17) is 18.9 Å². The first-order valence-electron chi connectivity index (χ1n) is 17.9. The van der Waals surface area contributed by atoms with E-state index in [0.717, 1.165) is 45.3 Å². The lowest BCUT2D eigenvalue weighted by molar-refractivity contribution is 0.392. The van der Waals surface area contributed by atoms with Gasteiger partial charge in [0.25, 0.3) is 0 Å². The lowest BCUT2D eigenvalue weighted by Gasteiger charge is -2.31. The molecule has 6 aromatic rings. The summed E-state index contributed by atoms with van der Waals surface area (Å²) in [7, 11) is 7.02. The molecule has 16 aliphatic carbocycles. The van der Waals surface area contributed by atoms with E-state index in [1.807, 2.05) is 24.3 Å². The molecule has 0 fully saturated rings. The van der Waals surface area contributed by atoms with Crippen LogP contribution < -0.4 is 18.9 Å². The van der Waals surface area contributed by atoms with Crippen molar-refractivity contribution in [1.82, 2.24) is 0 Å². The molecule has 4 heteroatoms. The lowest BCUT2D eigenvalue weighted by Crippen LogP contribution is -2.15. The predicted octanol–water partition coefficient (Wildman–Crippen LogP) is 11.0. The Balaban J connectivity index is 1.24. The number of ether oxygens (including phenoxy) is 4. The van der Waals surface area contributed by atoms with Crippen LogP contribution in [0.5, 0.6) is 23.0 Å². The smallest absolute Gasteiger partial charge is 0.123 e. The largest absolute Gasteiger partial charge is 0.496 e. The van der Waals surface area contributed by atoms with Gasteiger partial charge in [0.05, 0.1) is 28.4 Å². The summed E-state index contributed by atoms with van der Waals surface area (Å²) in [4.78, 5) is 0. The Bertz CT molecular complexity index is 2000. The van der Waals surface area contributed by atoms with Gasteiger partial charge in [0, 0.05) is 45.9 Å². The van der Waals surface area contributed by atoms with Gasteiger partial charge in [-0.15, -0.1) is 0 Å². The minimum Gasteiger partial charge on any atom is -0.496 e. The molecule has 52 heavy (non-hydrogen) atoms. The van der Waals surface area contributed by atoms with Crippen LogP contribution in [-0.4, -0.2) is 28.4 Å². The first kappa shape index (κ1) is 31.9. The molecule has 16 aliphatic rings. The van der Waals surface area contributed by atoms with E-state index < -0.39 is 0 Å². The molecule has 6 aromatic carbocycles. The fourth-order valence-electron chi connectivity index (χ4n) is 8.66. The average molecular weight is 681 g/mol. The zero-order valence-corrected chi connectivity index (χ0v) is 29.8. The molecule has 4 unspecified atom stereocenters. The van der Waals surface area contributed by atoms with Gasteiger partial charge in [0.2, 0.25) is 0 Å². The summed E-state index contributed by atoms with van der Waals surface area (Å²) >= 11 is 0. The van der Waals surface area contributed by atoms with Crippen molar-refractivity contribution in [3.8, 4) is 45.3 Å². The Morgan fingerprint density at radius 3 is 0.635 bits per heavy atom. The van der Waals surface area contributed by atoms with Crippen LogP contribution in [0.15, 0.2) is 146 Å². The fraction of sp³-hybridized carbons (Fsp3) is 0.167. The maximum absolute atomic E-state index is 6.02. The number of hydrogen-bond acceptors (Lipinski definition) is 4. The van der Waals surface area contributed by atoms with Crippen LogP contribution in [0.1, 0.15) is 68.2 Å². The molecule has 4 atom stereocenters. The highest BCUT2D eigenvalue weighted by Gasteiger charge is 2.33. The van der Waals surface area contributed by atoms with Crippen LogP contribution in [0.4, 0.5) is 0 Å². The molecule has 0 N–H and O–H groups in total. The van der Waals surface area contributed by atoms with E-state index in [1.165, 1.54) is 44.5 Å². The Morgan fingerprint density at radius 2 is 0.462 bits per heavy atom. The quantitative estimate of drug-likeness (QED) is 0.174. The molecular formula is C48H40O4. The average Bonchev–Trinajstić information content (AvgIpc) is 3.22. The van der Waals surface area contributed by atoms with Crippen molar-refractivity contribution >= 4 is 0 Å². The molecule has 0 radical (unpaired) electrons. The normalized spacial score (nSPS) is 19.0. The molecule has 0 heterocycles. The summed E-state index contributed by atoms with van der Waals surface area (Å²) in [6.07, 6.45) is 9.31. The van der Waals surface area contributed by atoms with E-state index in [2.05, 4.69) is 121 Å². The Hall–Kier alpha value is -6.00. The lowest BCUT2D eigenvalue weighted by atomic mass is 9.74. The molecule has 22 rings (SSSR count). The standard InChI is InChI=1S/C48H40O4/c1-49-41-25-26-42(50-2)46-38-22-21-37(45(41)46)33-13-5-29(6-14-33)31-9-17-35(18-10-31)39-23-24-40(48-44(52-4)28-27-43(51-3)47(39)48)36-19-11-32(12-20-36)30-7-15-34(38)16-8-30/h5-28,37-40H,1-4H3. The maximum Gasteiger partial charge on any atom is 0.123 e. The Labute approximate surface area is 305 Å². The van der Waals surface area contributed by atoms with E-state index >= 15 is 0 Å². The molecule has 0 spiro atoms. The van der Waals surface area contributed by atoms with Crippen LogP contribution in [0.3, 0.4) is 0 Å². The molecule has 0 amide bonds. The van der Waals surface area contributed by atoms with E-state index in [1.54, 1.807) is 28.4 Å². The zero-order valence-electron chi connectivity index (χ0n) is 29.8. The van der Waals surface area contributed by atoms with Crippen LogP contribution in [0.2, 0.25) is 0 Å². The molecule has 0 saturated carbocycles. The number of methoxy groups -OCH3 is 4. The van der Waals surface area contributed by atoms with Crippen LogP contribution in [0, 0.1) is 0 Å². The van der Waals surface area contributed by atoms with Gasteiger partial charge in [0.15, 0.2) is 0 Å². The minimum atomic E-state index is 0.0185. The SMILES string of the molecule is COc1ccc(OC)c2c1C1C=CC2c2ccc(cc2)-c2ccc(cc2)C2C=CC(c3ccc(cc3)-c3ccc1cc3)c1c(OC)ccc(OC)c12. The maximum atomic E-state index is 6.02.